The van der Waals surface area contributed by atoms with Gasteiger partial charge in [0.05, 0.1) is 12.2 Å². The first kappa shape index (κ1) is 25.2. The number of hydrogen-bond acceptors (Lipinski definition) is 4. The zero-order valence-electron chi connectivity index (χ0n) is 20.3. The van der Waals surface area contributed by atoms with Crippen LogP contribution in [0.15, 0.2) is 24.3 Å². The number of benzene rings is 1. The third kappa shape index (κ3) is 6.21. The molecular formula is C27H31F3N2O3. The fourth-order valence-corrected chi connectivity index (χ4v) is 4.72. The molecule has 1 heterocycles. The highest BCUT2D eigenvalue weighted by atomic mass is 19.2. The van der Waals surface area contributed by atoms with E-state index in [1.807, 2.05) is 12.1 Å². The SMILES string of the molecule is CC(C)(C)OC(=O)NCc1ccc(C2CC2)c(C(=O)C2CCC(c3cc(F)c(F)cc3F)CC2)n1. The number of halogens is 3. The number of nitrogens with zero attached hydrogens (tertiary/aromatic N) is 1. The van der Waals surface area contributed by atoms with Gasteiger partial charge in [-0.1, -0.05) is 6.07 Å². The van der Waals surface area contributed by atoms with Crippen molar-refractivity contribution in [2.24, 2.45) is 5.92 Å². The van der Waals surface area contributed by atoms with E-state index in [0.29, 0.717) is 49.1 Å². The van der Waals surface area contributed by atoms with Crippen molar-refractivity contribution in [3.63, 3.8) is 0 Å². The number of ketones is 1. The Labute approximate surface area is 203 Å². The van der Waals surface area contributed by atoms with Crippen molar-refractivity contribution in [1.29, 1.82) is 0 Å². The van der Waals surface area contributed by atoms with Gasteiger partial charge in [-0.2, -0.15) is 0 Å². The van der Waals surface area contributed by atoms with Crippen LogP contribution in [0.3, 0.4) is 0 Å². The predicted octanol–water partition coefficient (Wildman–Crippen LogP) is 6.56. The molecule has 2 fully saturated rings. The highest BCUT2D eigenvalue weighted by Crippen LogP contribution is 2.43. The Balaban J connectivity index is 1.44. The monoisotopic (exact) mass is 488 g/mol. The van der Waals surface area contributed by atoms with Crippen LogP contribution in [0.2, 0.25) is 0 Å². The lowest BCUT2D eigenvalue weighted by Gasteiger charge is -2.28. The summed E-state index contributed by atoms with van der Waals surface area (Å²) in [6.45, 7) is 5.48. The number of pyridine rings is 1. The molecule has 1 aromatic carbocycles. The van der Waals surface area contributed by atoms with Crippen molar-refractivity contribution in [2.75, 3.05) is 0 Å². The summed E-state index contributed by atoms with van der Waals surface area (Å²) in [5, 5.41) is 2.68. The normalized spacial score (nSPS) is 20.4. The molecule has 4 rings (SSSR count). The Bertz CT molecular complexity index is 1120. The third-order valence-corrected chi connectivity index (χ3v) is 6.62. The lowest BCUT2D eigenvalue weighted by atomic mass is 9.76. The van der Waals surface area contributed by atoms with Gasteiger partial charge in [-0.15, -0.1) is 0 Å². The van der Waals surface area contributed by atoms with Gasteiger partial charge in [0.2, 0.25) is 0 Å². The van der Waals surface area contributed by atoms with Crippen molar-refractivity contribution in [1.82, 2.24) is 10.3 Å². The lowest BCUT2D eigenvalue weighted by molar-refractivity contribution is 0.0523. The van der Waals surface area contributed by atoms with Gasteiger partial charge in [0.15, 0.2) is 17.4 Å². The molecule has 35 heavy (non-hydrogen) atoms. The Hall–Kier alpha value is -2.90. The highest BCUT2D eigenvalue weighted by Gasteiger charge is 2.34. The Morgan fingerprint density at radius 2 is 1.51 bits per heavy atom. The molecule has 0 spiro atoms. The van der Waals surface area contributed by atoms with E-state index in [1.165, 1.54) is 0 Å². The van der Waals surface area contributed by atoms with Gasteiger partial charge in [-0.25, -0.2) is 22.9 Å². The molecule has 0 unspecified atom stereocenters. The first-order valence-corrected chi connectivity index (χ1v) is 12.2. The molecule has 0 saturated heterocycles. The summed E-state index contributed by atoms with van der Waals surface area (Å²) in [5.74, 6) is -3.25. The molecule has 188 valence electrons. The van der Waals surface area contributed by atoms with E-state index < -0.39 is 29.1 Å². The van der Waals surface area contributed by atoms with Gasteiger partial charge < -0.3 is 10.1 Å². The number of Topliss-reactive ketones (excluding diaryl/α,β-unsaturated/α-hetero) is 1. The molecule has 2 aliphatic carbocycles. The molecule has 2 aliphatic rings. The number of aromatic nitrogens is 1. The quantitative estimate of drug-likeness (QED) is 0.369. The number of amides is 1. The molecule has 0 atom stereocenters. The molecule has 1 aromatic heterocycles. The average molecular weight is 489 g/mol. The number of nitrogens with one attached hydrogen (secondary N) is 1. The number of carbonyl (C=O) groups is 2. The van der Waals surface area contributed by atoms with Crippen LogP contribution in [-0.4, -0.2) is 22.5 Å². The maximum atomic E-state index is 14.2. The van der Waals surface area contributed by atoms with Gasteiger partial charge in [0.25, 0.3) is 0 Å². The third-order valence-electron chi connectivity index (χ3n) is 6.62. The molecule has 0 aliphatic heterocycles. The largest absolute Gasteiger partial charge is 0.444 e. The van der Waals surface area contributed by atoms with Crippen LogP contribution in [0.4, 0.5) is 18.0 Å². The minimum atomic E-state index is -1.20. The summed E-state index contributed by atoms with van der Waals surface area (Å²) < 4.78 is 46.4. The van der Waals surface area contributed by atoms with E-state index >= 15 is 0 Å². The van der Waals surface area contributed by atoms with Crippen LogP contribution in [0.25, 0.3) is 0 Å². The molecule has 8 heteroatoms. The van der Waals surface area contributed by atoms with E-state index in [-0.39, 0.29) is 29.7 Å². The number of ether oxygens (including phenoxy) is 1. The van der Waals surface area contributed by atoms with E-state index in [9.17, 15) is 22.8 Å². The molecule has 2 aromatic rings. The van der Waals surface area contributed by atoms with Crippen LogP contribution in [0.5, 0.6) is 0 Å². The molecule has 2 saturated carbocycles. The summed E-state index contributed by atoms with van der Waals surface area (Å²) in [5.41, 5.74) is 1.50. The second-order valence-electron chi connectivity index (χ2n) is 10.6. The highest BCUT2D eigenvalue weighted by molar-refractivity contribution is 5.97. The van der Waals surface area contributed by atoms with Crippen LogP contribution in [-0.2, 0) is 11.3 Å². The maximum absolute atomic E-state index is 14.2. The molecule has 1 amide bonds. The van der Waals surface area contributed by atoms with Crippen LogP contribution < -0.4 is 5.32 Å². The standard InChI is InChI=1S/C27H31F3N2O3/c1-27(2,3)35-26(34)31-14-18-10-11-19(15-4-5-15)24(32-18)25(33)17-8-6-16(7-9-17)20-12-22(29)23(30)13-21(20)28/h10-13,15-17H,4-9,14H2,1-3H3,(H,31,34). The van der Waals surface area contributed by atoms with Crippen molar-refractivity contribution >= 4 is 11.9 Å². The first-order chi connectivity index (χ1) is 16.5. The summed E-state index contributed by atoms with van der Waals surface area (Å²) in [7, 11) is 0. The minimum absolute atomic E-state index is 0.0461. The summed E-state index contributed by atoms with van der Waals surface area (Å²) >= 11 is 0. The molecule has 1 N–H and O–H groups in total. The van der Waals surface area contributed by atoms with Crippen LogP contribution >= 0.6 is 0 Å². The number of alkyl carbamates (subject to hydrolysis) is 1. The van der Waals surface area contributed by atoms with E-state index in [0.717, 1.165) is 24.5 Å². The average Bonchev–Trinajstić information content (AvgIpc) is 3.64. The smallest absolute Gasteiger partial charge is 0.407 e. The Morgan fingerprint density at radius 1 is 0.914 bits per heavy atom. The topological polar surface area (TPSA) is 68.3 Å². The number of hydrogen-bond donors (Lipinski definition) is 1. The van der Waals surface area contributed by atoms with E-state index in [1.54, 1.807) is 20.8 Å². The fraction of sp³-hybridized carbons (Fsp3) is 0.519. The second-order valence-corrected chi connectivity index (χ2v) is 10.6. The van der Waals surface area contributed by atoms with Gasteiger partial charge in [-0.05, 0) is 94.4 Å². The Morgan fingerprint density at radius 3 is 2.14 bits per heavy atom. The van der Waals surface area contributed by atoms with Crippen LogP contribution in [0.1, 0.15) is 98.4 Å². The number of carbonyl (C=O) groups excluding carboxylic acids is 2. The van der Waals surface area contributed by atoms with Crippen molar-refractivity contribution in [2.45, 2.75) is 83.3 Å². The summed E-state index contributed by atoms with van der Waals surface area (Å²) in [6.07, 6.45) is 3.54. The van der Waals surface area contributed by atoms with Crippen molar-refractivity contribution in [3.05, 3.63) is 64.2 Å². The van der Waals surface area contributed by atoms with Gasteiger partial charge in [0.1, 0.15) is 17.1 Å². The van der Waals surface area contributed by atoms with Gasteiger partial charge in [-0.3, -0.25) is 4.79 Å². The van der Waals surface area contributed by atoms with Crippen molar-refractivity contribution in [3.8, 4) is 0 Å². The summed E-state index contributed by atoms with van der Waals surface area (Å²) in [4.78, 5) is 30.1. The van der Waals surface area contributed by atoms with E-state index in [4.69, 9.17) is 4.74 Å². The molecule has 0 radical (unpaired) electrons. The maximum Gasteiger partial charge on any atom is 0.407 e. The van der Waals surface area contributed by atoms with Gasteiger partial charge in [0, 0.05) is 12.0 Å². The lowest BCUT2D eigenvalue weighted by Crippen LogP contribution is -2.32. The molecule has 5 nitrogen and oxygen atoms in total. The Kier molecular flexibility index (Phi) is 7.20. The van der Waals surface area contributed by atoms with Crippen LogP contribution in [0, 0.1) is 23.4 Å². The fourth-order valence-electron chi connectivity index (χ4n) is 4.72. The minimum Gasteiger partial charge on any atom is -0.444 e. The van der Waals surface area contributed by atoms with Gasteiger partial charge >= 0.3 is 6.09 Å². The second kappa shape index (κ2) is 9.99. The number of rotatable bonds is 6. The van der Waals surface area contributed by atoms with Crippen molar-refractivity contribution < 1.29 is 27.5 Å². The van der Waals surface area contributed by atoms with E-state index in [2.05, 4.69) is 10.3 Å². The first-order valence-electron chi connectivity index (χ1n) is 12.2. The zero-order chi connectivity index (χ0) is 25.3. The summed E-state index contributed by atoms with van der Waals surface area (Å²) in [6, 6.07) is 5.27. The predicted molar refractivity (Wildman–Crippen MR) is 125 cm³/mol. The molecule has 0 bridgehead atoms. The molecular weight excluding hydrogens is 457 g/mol. The zero-order valence-corrected chi connectivity index (χ0v) is 20.3.